The molecule has 1 aromatic heterocycles. The van der Waals surface area contributed by atoms with Crippen LogP contribution in [0.2, 0.25) is 0 Å². The number of ketones is 1. The molecule has 0 atom stereocenters. The smallest absolute Gasteiger partial charge is 0.271 e. The Bertz CT molecular complexity index is 716. The monoisotopic (exact) mass is 254 g/mol. The summed E-state index contributed by atoms with van der Waals surface area (Å²) in [5.74, 6) is 0.0302. The molecule has 19 heavy (non-hydrogen) atoms. The Morgan fingerprint density at radius 2 is 2.00 bits per heavy atom. The first-order valence-electron chi connectivity index (χ1n) is 6.38. The molecule has 96 valence electrons. The quantitative estimate of drug-likeness (QED) is 0.782. The van der Waals surface area contributed by atoms with Gasteiger partial charge in [-0.2, -0.15) is 9.78 Å². The standard InChI is InChI=1S/C15H14N2O2/c1-10-4-2-6-12(8-10)17-14(19)9-11-5-3-7-13(18)15(11)16-17/h2,4,6,8-9H,3,5,7H2,1H3. The second-order valence-corrected chi connectivity index (χ2v) is 4.88. The molecule has 1 aromatic carbocycles. The van der Waals surface area contributed by atoms with Crippen LogP contribution in [0.4, 0.5) is 0 Å². The molecule has 0 spiro atoms. The molecule has 0 saturated heterocycles. The maximum absolute atomic E-state index is 12.1. The van der Waals surface area contributed by atoms with Crippen LogP contribution in [-0.2, 0) is 6.42 Å². The maximum atomic E-state index is 12.1. The van der Waals surface area contributed by atoms with Gasteiger partial charge in [-0.05, 0) is 43.0 Å². The van der Waals surface area contributed by atoms with Gasteiger partial charge in [0.25, 0.3) is 5.56 Å². The van der Waals surface area contributed by atoms with Gasteiger partial charge in [0.15, 0.2) is 5.78 Å². The van der Waals surface area contributed by atoms with Crippen LogP contribution in [0.5, 0.6) is 0 Å². The van der Waals surface area contributed by atoms with Crippen LogP contribution in [-0.4, -0.2) is 15.6 Å². The lowest BCUT2D eigenvalue weighted by Gasteiger charge is -2.15. The van der Waals surface area contributed by atoms with Gasteiger partial charge in [0.05, 0.1) is 5.69 Å². The number of hydrogen-bond acceptors (Lipinski definition) is 3. The van der Waals surface area contributed by atoms with Gasteiger partial charge in [-0.25, -0.2) is 0 Å². The molecule has 1 aliphatic carbocycles. The molecule has 1 aliphatic rings. The summed E-state index contributed by atoms with van der Waals surface area (Å²) in [4.78, 5) is 24.0. The molecule has 4 nitrogen and oxygen atoms in total. The minimum absolute atomic E-state index is 0.0302. The van der Waals surface area contributed by atoms with E-state index in [9.17, 15) is 9.59 Å². The molecule has 0 fully saturated rings. The number of fused-ring (bicyclic) bond motifs is 1. The first kappa shape index (κ1) is 11.8. The van der Waals surface area contributed by atoms with Gasteiger partial charge in [0, 0.05) is 12.5 Å². The van der Waals surface area contributed by atoms with Crippen LogP contribution in [0, 0.1) is 6.92 Å². The zero-order valence-electron chi connectivity index (χ0n) is 10.7. The van der Waals surface area contributed by atoms with Crippen LogP contribution >= 0.6 is 0 Å². The number of carbonyl (C=O) groups excluding carboxylic acids is 1. The van der Waals surface area contributed by atoms with Crippen molar-refractivity contribution < 1.29 is 4.79 Å². The van der Waals surface area contributed by atoms with Crippen molar-refractivity contribution in [3.8, 4) is 5.69 Å². The van der Waals surface area contributed by atoms with Crippen LogP contribution in [0.3, 0.4) is 0 Å². The Morgan fingerprint density at radius 3 is 2.79 bits per heavy atom. The van der Waals surface area contributed by atoms with E-state index < -0.39 is 0 Å². The van der Waals surface area contributed by atoms with Crippen molar-refractivity contribution in [1.29, 1.82) is 0 Å². The molecule has 4 heteroatoms. The summed E-state index contributed by atoms with van der Waals surface area (Å²) in [5, 5.41) is 4.26. The number of benzene rings is 1. The predicted octanol–water partition coefficient (Wildman–Crippen LogP) is 2.06. The van der Waals surface area contributed by atoms with Crippen molar-refractivity contribution in [3.05, 3.63) is 57.5 Å². The Balaban J connectivity index is 2.20. The van der Waals surface area contributed by atoms with Crippen LogP contribution in [0.15, 0.2) is 35.1 Å². The summed E-state index contributed by atoms with van der Waals surface area (Å²) in [5.41, 5.74) is 2.80. The summed E-state index contributed by atoms with van der Waals surface area (Å²) in [6.45, 7) is 1.96. The van der Waals surface area contributed by atoms with Crippen LogP contribution in [0.1, 0.15) is 34.5 Å². The molecule has 0 unspecified atom stereocenters. The average Bonchev–Trinajstić information content (AvgIpc) is 2.38. The van der Waals surface area contributed by atoms with Crippen LogP contribution in [0.25, 0.3) is 5.69 Å². The lowest BCUT2D eigenvalue weighted by Crippen LogP contribution is -2.27. The predicted molar refractivity (Wildman–Crippen MR) is 71.8 cm³/mol. The Morgan fingerprint density at radius 1 is 1.16 bits per heavy atom. The normalized spacial score (nSPS) is 14.3. The van der Waals surface area contributed by atoms with E-state index >= 15 is 0 Å². The number of rotatable bonds is 1. The Kier molecular flexibility index (Phi) is 2.78. The van der Waals surface area contributed by atoms with E-state index in [0.29, 0.717) is 17.8 Å². The van der Waals surface area contributed by atoms with Crippen molar-refractivity contribution >= 4 is 5.78 Å². The summed E-state index contributed by atoms with van der Waals surface area (Å²) in [7, 11) is 0. The molecule has 2 aromatic rings. The summed E-state index contributed by atoms with van der Waals surface area (Å²) in [6.07, 6.45) is 2.09. The highest BCUT2D eigenvalue weighted by Gasteiger charge is 2.20. The van der Waals surface area contributed by atoms with E-state index in [1.807, 2.05) is 31.2 Å². The van der Waals surface area contributed by atoms with Crippen molar-refractivity contribution in [3.63, 3.8) is 0 Å². The van der Waals surface area contributed by atoms with Gasteiger partial charge < -0.3 is 0 Å². The molecule has 0 saturated carbocycles. The number of carbonyl (C=O) groups is 1. The van der Waals surface area contributed by atoms with E-state index in [1.54, 1.807) is 6.07 Å². The fraction of sp³-hybridized carbons (Fsp3) is 0.267. The number of Topliss-reactive ketones (excluding diaryl/α,β-unsaturated/α-hetero) is 1. The van der Waals surface area contributed by atoms with Gasteiger partial charge >= 0.3 is 0 Å². The molecule has 0 N–H and O–H groups in total. The van der Waals surface area contributed by atoms with E-state index in [1.165, 1.54) is 4.68 Å². The summed E-state index contributed by atoms with van der Waals surface area (Å²) in [6, 6.07) is 9.08. The van der Waals surface area contributed by atoms with E-state index in [4.69, 9.17) is 0 Å². The lowest BCUT2D eigenvalue weighted by molar-refractivity contribution is 0.0965. The third-order valence-corrected chi connectivity index (χ3v) is 3.37. The summed E-state index contributed by atoms with van der Waals surface area (Å²) < 4.78 is 1.31. The van der Waals surface area contributed by atoms with Gasteiger partial charge in [0.1, 0.15) is 5.69 Å². The molecular formula is C15H14N2O2. The largest absolute Gasteiger partial charge is 0.292 e. The minimum atomic E-state index is -0.181. The first-order valence-corrected chi connectivity index (χ1v) is 6.38. The highest BCUT2D eigenvalue weighted by atomic mass is 16.1. The highest BCUT2D eigenvalue weighted by molar-refractivity contribution is 5.96. The number of aryl methyl sites for hydroxylation is 2. The second kappa shape index (κ2) is 4.46. The van der Waals surface area contributed by atoms with Crippen molar-refractivity contribution in [2.75, 3.05) is 0 Å². The topological polar surface area (TPSA) is 52.0 Å². The molecule has 0 bridgehead atoms. The minimum Gasteiger partial charge on any atom is -0.292 e. The van der Waals surface area contributed by atoms with Gasteiger partial charge in [-0.1, -0.05) is 12.1 Å². The van der Waals surface area contributed by atoms with Crippen molar-refractivity contribution in [1.82, 2.24) is 9.78 Å². The molecule has 0 amide bonds. The molecule has 1 heterocycles. The third kappa shape index (κ3) is 2.10. The van der Waals surface area contributed by atoms with Gasteiger partial charge in [-0.3, -0.25) is 9.59 Å². The third-order valence-electron chi connectivity index (χ3n) is 3.37. The molecule has 0 aliphatic heterocycles. The summed E-state index contributed by atoms with van der Waals surface area (Å²) >= 11 is 0. The van der Waals surface area contributed by atoms with E-state index in [0.717, 1.165) is 24.0 Å². The van der Waals surface area contributed by atoms with E-state index in [-0.39, 0.29) is 11.3 Å². The number of aromatic nitrogens is 2. The van der Waals surface area contributed by atoms with Gasteiger partial charge in [0.2, 0.25) is 0 Å². The maximum Gasteiger partial charge on any atom is 0.271 e. The fourth-order valence-corrected chi connectivity index (χ4v) is 2.42. The highest BCUT2D eigenvalue weighted by Crippen LogP contribution is 2.18. The fourth-order valence-electron chi connectivity index (χ4n) is 2.42. The second-order valence-electron chi connectivity index (χ2n) is 4.88. The van der Waals surface area contributed by atoms with Gasteiger partial charge in [-0.15, -0.1) is 0 Å². The van der Waals surface area contributed by atoms with Crippen molar-refractivity contribution in [2.24, 2.45) is 0 Å². The van der Waals surface area contributed by atoms with Crippen LogP contribution < -0.4 is 5.56 Å². The zero-order valence-corrected chi connectivity index (χ0v) is 10.7. The van der Waals surface area contributed by atoms with E-state index in [2.05, 4.69) is 5.10 Å². The zero-order chi connectivity index (χ0) is 13.4. The SMILES string of the molecule is Cc1cccc(-n2nc3c(cc2=O)CCCC3=O)c1. The Labute approximate surface area is 110 Å². The van der Waals surface area contributed by atoms with Crippen molar-refractivity contribution in [2.45, 2.75) is 26.2 Å². The first-order chi connectivity index (χ1) is 9.15. The average molecular weight is 254 g/mol. The number of nitrogens with zero attached hydrogens (tertiary/aromatic N) is 2. The molecular weight excluding hydrogens is 240 g/mol. The number of hydrogen-bond donors (Lipinski definition) is 0. The molecule has 3 rings (SSSR count). The lowest BCUT2D eigenvalue weighted by atomic mass is 9.96. The Hall–Kier alpha value is -2.23. The molecule has 0 radical (unpaired) electrons.